The molecule has 0 aliphatic carbocycles. The summed E-state index contributed by atoms with van der Waals surface area (Å²) in [5, 5.41) is 0. The molecule has 0 radical (unpaired) electrons. The Morgan fingerprint density at radius 2 is 1.77 bits per heavy atom. The van der Waals surface area contributed by atoms with E-state index in [4.69, 9.17) is 4.74 Å². The summed E-state index contributed by atoms with van der Waals surface area (Å²) in [5.41, 5.74) is 2.72. The Bertz CT molecular complexity index is 871. The van der Waals surface area contributed by atoms with Crippen molar-refractivity contribution < 1.29 is 19.1 Å². The molecule has 132 valence electrons. The highest BCUT2D eigenvalue weighted by molar-refractivity contribution is 6.21. The monoisotopic (exact) mass is 349 g/mol. The van der Waals surface area contributed by atoms with Gasteiger partial charge in [0.15, 0.2) is 0 Å². The van der Waals surface area contributed by atoms with Gasteiger partial charge in [-0.1, -0.05) is 48.0 Å². The topological polar surface area (TPSA) is 63.7 Å². The van der Waals surface area contributed by atoms with Gasteiger partial charge < -0.3 is 4.74 Å². The van der Waals surface area contributed by atoms with Gasteiger partial charge >= 0.3 is 5.97 Å². The minimum Gasteiger partial charge on any atom is -0.461 e. The van der Waals surface area contributed by atoms with Crippen molar-refractivity contribution in [3.8, 4) is 0 Å². The van der Waals surface area contributed by atoms with Crippen LogP contribution in [0.25, 0.3) is 6.08 Å². The molecule has 0 N–H and O–H groups in total. The third-order valence-electron chi connectivity index (χ3n) is 4.12. The Hall–Kier alpha value is -3.21. The normalized spacial score (nSPS) is 13.3. The van der Waals surface area contributed by atoms with Crippen LogP contribution >= 0.6 is 0 Å². The molecule has 5 nitrogen and oxygen atoms in total. The smallest absolute Gasteiger partial charge is 0.307 e. The molecule has 2 aromatic rings. The minimum absolute atomic E-state index is 0.0205. The van der Waals surface area contributed by atoms with Gasteiger partial charge in [0.2, 0.25) is 0 Å². The molecule has 0 saturated carbocycles. The Balaban J connectivity index is 1.48. The van der Waals surface area contributed by atoms with Gasteiger partial charge in [0.1, 0.15) is 6.61 Å². The third-order valence-corrected chi connectivity index (χ3v) is 4.12. The second-order valence-electron chi connectivity index (χ2n) is 6.06. The summed E-state index contributed by atoms with van der Waals surface area (Å²) < 4.78 is 5.12. The van der Waals surface area contributed by atoms with Crippen molar-refractivity contribution in [3.05, 3.63) is 76.9 Å². The molecule has 0 atom stereocenters. The lowest BCUT2D eigenvalue weighted by atomic mass is 10.1. The Morgan fingerprint density at radius 3 is 2.54 bits per heavy atom. The number of benzene rings is 2. The van der Waals surface area contributed by atoms with E-state index in [9.17, 15) is 14.4 Å². The number of carbonyl (C=O) groups is 3. The number of hydrogen-bond acceptors (Lipinski definition) is 4. The summed E-state index contributed by atoms with van der Waals surface area (Å²) in [7, 11) is 0. The molecule has 0 fully saturated rings. The molecule has 1 aliphatic rings. The number of imide groups is 1. The zero-order chi connectivity index (χ0) is 18.5. The molecular formula is C21H19NO4. The van der Waals surface area contributed by atoms with E-state index < -0.39 is 5.97 Å². The second kappa shape index (κ2) is 7.78. The van der Waals surface area contributed by atoms with Gasteiger partial charge in [-0.2, -0.15) is 0 Å². The van der Waals surface area contributed by atoms with E-state index in [0.717, 1.165) is 16.0 Å². The Labute approximate surface area is 151 Å². The average molecular weight is 349 g/mol. The Morgan fingerprint density at radius 1 is 1.04 bits per heavy atom. The SMILES string of the molecule is Cc1ccc2c(c1)C(=O)N(CCC(=O)OC/C=C/c1ccccc1)C2=O. The van der Waals surface area contributed by atoms with Crippen molar-refractivity contribution >= 4 is 23.9 Å². The van der Waals surface area contributed by atoms with Gasteiger partial charge in [0.25, 0.3) is 11.8 Å². The number of hydrogen-bond donors (Lipinski definition) is 0. The molecular weight excluding hydrogens is 330 g/mol. The van der Waals surface area contributed by atoms with Gasteiger partial charge in [0.05, 0.1) is 17.5 Å². The predicted octanol–water partition coefficient (Wildman–Crippen LogP) is 3.24. The highest BCUT2D eigenvalue weighted by Gasteiger charge is 2.35. The quantitative estimate of drug-likeness (QED) is 0.593. The first-order valence-corrected chi connectivity index (χ1v) is 8.40. The van der Waals surface area contributed by atoms with Crippen LogP contribution in [0.5, 0.6) is 0 Å². The third kappa shape index (κ3) is 3.88. The summed E-state index contributed by atoms with van der Waals surface area (Å²) in [6.07, 6.45) is 3.58. The van der Waals surface area contributed by atoms with E-state index in [-0.39, 0.29) is 31.4 Å². The van der Waals surface area contributed by atoms with Gasteiger partial charge in [-0.3, -0.25) is 19.3 Å². The van der Waals surface area contributed by atoms with Crippen LogP contribution < -0.4 is 0 Å². The number of carbonyl (C=O) groups excluding carboxylic acids is 3. The van der Waals surface area contributed by atoms with Gasteiger partial charge in [-0.15, -0.1) is 0 Å². The van der Waals surface area contributed by atoms with Crippen LogP contribution in [0.4, 0.5) is 0 Å². The zero-order valence-corrected chi connectivity index (χ0v) is 14.5. The molecule has 3 rings (SSSR count). The molecule has 2 amide bonds. The van der Waals surface area contributed by atoms with Crippen LogP contribution in [0.2, 0.25) is 0 Å². The minimum atomic E-state index is -0.449. The number of esters is 1. The average Bonchev–Trinajstić information content (AvgIpc) is 2.88. The molecule has 0 spiro atoms. The van der Waals surface area contributed by atoms with Crippen LogP contribution in [0, 0.1) is 6.92 Å². The molecule has 26 heavy (non-hydrogen) atoms. The zero-order valence-electron chi connectivity index (χ0n) is 14.5. The predicted molar refractivity (Wildman–Crippen MR) is 97.6 cm³/mol. The lowest BCUT2D eigenvalue weighted by Gasteiger charge is -2.12. The fourth-order valence-corrected chi connectivity index (χ4v) is 2.77. The summed E-state index contributed by atoms with van der Waals surface area (Å²) in [6, 6.07) is 14.8. The lowest BCUT2D eigenvalue weighted by molar-refractivity contribution is -0.142. The molecule has 5 heteroatoms. The maximum Gasteiger partial charge on any atom is 0.307 e. The van der Waals surface area contributed by atoms with Crippen molar-refractivity contribution in [3.63, 3.8) is 0 Å². The van der Waals surface area contributed by atoms with Crippen LogP contribution in [0.3, 0.4) is 0 Å². The molecule has 0 bridgehead atoms. The molecule has 1 heterocycles. The number of fused-ring (bicyclic) bond motifs is 1. The fraction of sp³-hybridized carbons (Fsp3) is 0.190. The van der Waals surface area contributed by atoms with Crippen molar-refractivity contribution in [2.45, 2.75) is 13.3 Å². The van der Waals surface area contributed by atoms with Gasteiger partial charge in [-0.05, 0) is 30.7 Å². The first-order chi connectivity index (χ1) is 12.6. The maximum absolute atomic E-state index is 12.3. The van der Waals surface area contributed by atoms with Crippen molar-refractivity contribution in [2.24, 2.45) is 0 Å². The highest BCUT2D eigenvalue weighted by atomic mass is 16.5. The van der Waals surface area contributed by atoms with E-state index >= 15 is 0 Å². The molecule has 0 aromatic heterocycles. The number of nitrogens with zero attached hydrogens (tertiary/aromatic N) is 1. The highest BCUT2D eigenvalue weighted by Crippen LogP contribution is 2.23. The van der Waals surface area contributed by atoms with Gasteiger partial charge in [0, 0.05) is 6.54 Å². The van der Waals surface area contributed by atoms with Crippen LogP contribution in [0.1, 0.15) is 38.3 Å². The van der Waals surface area contributed by atoms with Crippen LogP contribution in [0.15, 0.2) is 54.6 Å². The number of ether oxygens (including phenoxy) is 1. The van der Waals surface area contributed by atoms with Crippen molar-refractivity contribution in [2.75, 3.05) is 13.2 Å². The van der Waals surface area contributed by atoms with Crippen LogP contribution in [-0.2, 0) is 9.53 Å². The summed E-state index contributed by atoms with van der Waals surface area (Å²) in [4.78, 5) is 37.6. The van der Waals surface area contributed by atoms with E-state index in [1.54, 1.807) is 24.3 Å². The summed E-state index contributed by atoms with van der Waals surface area (Å²) in [6.45, 7) is 2.03. The number of amides is 2. The summed E-state index contributed by atoms with van der Waals surface area (Å²) >= 11 is 0. The number of aryl methyl sites for hydroxylation is 1. The molecule has 1 aliphatic heterocycles. The standard InChI is InChI=1S/C21H19NO4/c1-15-9-10-17-18(14-15)21(25)22(20(17)24)12-11-19(23)26-13-5-8-16-6-3-2-4-7-16/h2-10,14H,11-13H2,1H3/b8-5+. The van der Waals surface area contributed by atoms with Crippen LogP contribution in [-0.4, -0.2) is 35.8 Å². The molecule has 2 aromatic carbocycles. The van der Waals surface area contributed by atoms with E-state index in [1.165, 1.54) is 0 Å². The molecule has 0 saturated heterocycles. The molecule has 0 unspecified atom stereocenters. The van der Waals surface area contributed by atoms with E-state index in [1.807, 2.05) is 43.3 Å². The first kappa shape index (κ1) is 17.6. The lowest BCUT2D eigenvalue weighted by Crippen LogP contribution is -2.32. The van der Waals surface area contributed by atoms with Crippen molar-refractivity contribution in [1.29, 1.82) is 0 Å². The second-order valence-corrected chi connectivity index (χ2v) is 6.06. The first-order valence-electron chi connectivity index (χ1n) is 8.40. The Kier molecular flexibility index (Phi) is 5.27. The van der Waals surface area contributed by atoms with Gasteiger partial charge in [-0.25, -0.2) is 0 Å². The maximum atomic E-state index is 12.3. The van der Waals surface area contributed by atoms with E-state index in [2.05, 4.69) is 0 Å². The number of rotatable bonds is 6. The summed E-state index contributed by atoms with van der Waals surface area (Å²) in [5.74, 6) is -1.16. The fourth-order valence-electron chi connectivity index (χ4n) is 2.77. The largest absolute Gasteiger partial charge is 0.461 e. The van der Waals surface area contributed by atoms with E-state index in [0.29, 0.717) is 11.1 Å². The van der Waals surface area contributed by atoms with Crippen molar-refractivity contribution in [1.82, 2.24) is 4.90 Å².